The first-order valence-corrected chi connectivity index (χ1v) is 15.3. The summed E-state index contributed by atoms with van der Waals surface area (Å²) in [5, 5.41) is 0. The van der Waals surface area contributed by atoms with Gasteiger partial charge in [-0.25, -0.2) is 9.13 Å². The third kappa shape index (κ3) is 18.2. The van der Waals surface area contributed by atoms with Crippen molar-refractivity contribution >= 4 is 0 Å². The minimum Gasteiger partial charge on any atom is -0.237 e. The van der Waals surface area contributed by atoms with Crippen LogP contribution in [0.2, 0.25) is 0 Å². The number of imidazole rings is 1. The van der Waals surface area contributed by atoms with Gasteiger partial charge in [-0.3, -0.25) is 0 Å². The van der Waals surface area contributed by atoms with E-state index in [0.29, 0.717) is 6.04 Å². The highest BCUT2D eigenvalue weighted by atomic mass is 15.1. The van der Waals surface area contributed by atoms with Crippen LogP contribution in [0.3, 0.4) is 0 Å². The second-order valence-corrected chi connectivity index (χ2v) is 10.8. The smallest absolute Gasteiger partial charge is 0.237 e. The first kappa shape index (κ1) is 30.2. The number of aromatic nitrogens is 2. The van der Waals surface area contributed by atoms with E-state index in [1.807, 2.05) is 0 Å². The summed E-state index contributed by atoms with van der Waals surface area (Å²) in [6.45, 7) is 8.17. The molecule has 1 aromatic heterocycles. The lowest BCUT2D eigenvalue weighted by Crippen LogP contribution is -2.31. The second-order valence-electron chi connectivity index (χ2n) is 10.8. The lowest BCUT2D eigenvalue weighted by Gasteiger charge is -2.07. The Morgan fingerprint density at radius 3 is 1.39 bits per heavy atom. The van der Waals surface area contributed by atoms with Gasteiger partial charge in [0, 0.05) is 0 Å². The van der Waals surface area contributed by atoms with Crippen LogP contribution in [0.25, 0.3) is 0 Å². The summed E-state index contributed by atoms with van der Waals surface area (Å²) in [7, 11) is 0. The van der Waals surface area contributed by atoms with Crippen LogP contribution in [0.4, 0.5) is 0 Å². The van der Waals surface area contributed by atoms with E-state index in [-0.39, 0.29) is 0 Å². The van der Waals surface area contributed by atoms with Crippen molar-refractivity contribution in [3.8, 4) is 0 Å². The van der Waals surface area contributed by atoms with Crippen LogP contribution in [0.5, 0.6) is 0 Å². The maximum absolute atomic E-state index is 2.43. The van der Waals surface area contributed by atoms with Gasteiger partial charge < -0.3 is 0 Å². The van der Waals surface area contributed by atoms with Crippen LogP contribution in [-0.2, 0) is 6.54 Å². The van der Waals surface area contributed by atoms with E-state index in [2.05, 4.69) is 48.6 Å². The Balaban J connectivity index is 1.90. The molecule has 0 bridgehead atoms. The molecule has 0 saturated heterocycles. The summed E-state index contributed by atoms with van der Waals surface area (Å²) in [4.78, 5) is 0. The minimum atomic E-state index is 0.642. The molecule has 194 valence electrons. The number of hydrogen-bond acceptors (Lipinski definition) is 0. The maximum Gasteiger partial charge on any atom is 0.243 e. The fraction of sp³-hybridized carbons (Fsp3) is 0.903. The van der Waals surface area contributed by atoms with Crippen LogP contribution >= 0.6 is 0 Å². The van der Waals surface area contributed by atoms with Crippen molar-refractivity contribution in [3.63, 3.8) is 0 Å². The van der Waals surface area contributed by atoms with Gasteiger partial charge in [-0.1, -0.05) is 136 Å². The fourth-order valence-electron chi connectivity index (χ4n) is 5.02. The third-order valence-electron chi connectivity index (χ3n) is 7.47. The molecule has 0 saturated carbocycles. The van der Waals surface area contributed by atoms with Crippen molar-refractivity contribution in [2.24, 2.45) is 0 Å². The van der Waals surface area contributed by atoms with Crippen molar-refractivity contribution in [3.05, 3.63) is 18.7 Å². The van der Waals surface area contributed by atoms with Gasteiger partial charge in [0.15, 0.2) is 0 Å². The molecule has 1 aromatic rings. The Bertz CT molecular complexity index is 507. The molecule has 1 rings (SSSR count). The zero-order valence-electron chi connectivity index (χ0n) is 23.2. The second kappa shape index (κ2) is 23.0. The predicted octanol–water partition coefficient (Wildman–Crippen LogP) is 10.3. The highest BCUT2D eigenvalue weighted by molar-refractivity contribution is 4.72. The average molecular weight is 462 g/mol. The van der Waals surface area contributed by atoms with E-state index in [1.165, 1.54) is 154 Å². The SMILES string of the molecule is CCCCCCCCCCCCCCCCC[n+]1ccn(C(C)CCCCCCCCC)c1. The van der Waals surface area contributed by atoms with Crippen molar-refractivity contribution in [2.45, 2.75) is 181 Å². The van der Waals surface area contributed by atoms with E-state index in [1.54, 1.807) is 0 Å². The zero-order valence-corrected chi connectivity index (χ0v) is 23.2. The molecule has 0 aromatic carbocycles. The molecule has 2 nitrogen and oxygen atoms in total. The zero-order chi connectivity index (χ0) is 23.8. The van der Waals surface area contributed by atoms with Crippen LogP contribution in [0.1, 0.15) is 174 Å². The van der Waals surface area contributed by atoms with Crippen molar-refractivity contribution < 1.29 is 4.57 Å². The molecule has 0 spiro atoms. The molecule has 2 heteroatoms. The lowest BCUT2D eigenvalue weighted by atomic mass is 10.0. The Labute approximate surface area is 208 Å². The Morgan fingerprint density at radius 1 is 0.545 bits per heavy atom. The van der Waals surface area contributed by atoms with Crippen LogP contribution in [0.15, 0.2) is 18.7 Å². The molecule has 0 radical (unpaired) electrons. The quantitative estimate of drug-likeness (QED) is 0.101. The van der Waals surface area contributed by atoms with Gasteiger partial charge in [0.25, 0.3) is 0 Å². The Hall–Kier alpha value is -0.790. The molecule has 1 atom stereocenters. The van der Waals surface area contributed by atoms with E-state index >= 15 is 0 Å². The first-order chi connectivity index (χ1) is 16.3. The number of rotatable bonds is 25. The van der Waals surface area contributed by atoms with Crippen LogP contribution in [0, 0.1) is 0 Å². The van der Waals surface area contributed by atoms with Crippen LogP contribution < -0.4 is 4.57 Å². The molecule has 0 fully saturated rings. The highest BCUT2D eigenvalue weighted by Crippen LogP contribution is 2.16. The largest absolute Gasteiger partial charge is 0.243 e. The summed E-state index contributed by atoms with van der Waals surface area (Å²) in [6, 6.07) is 0.642. The van der Waals surface area contributed by atoms with E-state index in [4.69, 9.17) is 0 Å². The van der Waals surface area contributed by atoms with Gasteiger partial charge in [-0.2, -0.15) is 0 Å². The molecular weight excluding hydrogens is 400 g/mol. The van der Waals surface area contributed by atoms with Gasteiger partial charge >= 0.3 is 0 Å². The molecule has 0 aliphatic heterocycles. The molecule has 0 aliphatic carbocycles. The van der Waals surface area contributed by atoms with Gasteiger partial charge in [-0.15, -0.1) is 0 Å². The molecule has 0 amide bonds. The monoisotopic (exact) mass is 461 g/mol. The molecule has 1 unspecified atom stereocenters. The third-order valence-corrected chi connectivity index (χ3v) is 7.47. The van der Waals surface area contributed by atoms with Crippen LogP contribution in [-0.4, -0.2) is 4.57 Å². The first-order valence-electron chi connectivity index (χ1n) is 15.3. The normalized spacial score (nSPS) is 12.5. The summed E-state index contributed by atoms with van der Waals surface area (Å²) < 4.78 is 4.84. The molecular formula is C31H61N2+. The summed E-state index contributed by atoms with van der Waals surface area (Å²) >= 11 is 0. The molecule has 1 heterocycles. The fourth-order valence-corrected chi connectivity index (χ4v) is 5.02. The summed E-state index contributed by atoms with van der Waals surface area (Å²) in [5.74, 6) is 0. The minimum absolute atomic E-state index is 0.642. The number of unbranched alkanes of at least 4 members (excludes halogenated alkanes) is 20. The van der Waals surface area contributed by atoms with E-state index in [0.717, 1.165) is 0 Å². The topological polar surface area (TPSA) is 8.81 Å². The average Bonchev–Trinajstić information content (AvgIpc) is 3.30. The van der Waals surface area contributed by atoms with Gasteiger partial charge in [0.05, 0.1) is 12.6 Å². The predicted molar refractivity (Wildman–Crippen MR) is 147 cm³/mol. The Kier molecular flexibility index (Phi) is 21.1. The van der Waals surface area contributed by atoms with E-state index < -0.39 is 0 Å². The molecule has 0 aliphatic rings. The van der Waals surface area contributed by atoms with Crippen molar-refractivity contribution in [1.29, 1.82) is 0 Å². The van der Waals surface area contributed by atoms with Gasteiger partial charge in [0.2, 0.25) is 6.33 Å². The maximum atomic E-state index is 2.43. The van der Waals surface area contributed by atoms with Gasteiger partial charge in [-0.05, 0) is 32.6 Å². The summed E-state index contributed by atoms with van der Waals surface area (Å²) in [5.41, 5.74) is 0. The number of nitrogens with zero attached hydrogens (tertiary/aromatic N) is 2. The molecule has 33 heavy (non-hydrogen) atoms. The van der Waals surface area contributed by atoms with Crippen molar-refractivity contribution in [2.75, 3.05) is 0 Å². The Morgan fingerprint density at radius 2 is 0.939 bits per heavy atom. The summed E-state index contributed by atoms with van der Waals surface area (Å²) in [6.07, 6.45) is 39.7. The van der Waals surface area contributed by atoms with E-state index in [9.17, 15) is 0 Å². The lowest BCUT2D eigenvalue weighted by molar-refractivity contribution is -0.697. The van der Waals surface area contributed by atoms with Gasteiger partial charge in [0.1, 0.15) is 12.4 Å². The standard InChI is InChI=1S/C31H61N2/c1-4-6-8-10-12-13-14-15-16-17-18-19-21-23-25-27-32-28-29-33(30-32)31(3)26-24-22-20-11-9-7-5-2/h28-31H,4-27H2,1-3H3/q+1. The number of hydrogen-bond donors (Lipinski definition) is 0. The van der Waals surface area contributed by atoms with Crippen molar-refractivity contribution in [1.82, 2.24) is 4.57 Å². The highest BCUT2D eigenvalue weighted by Gasteiger charge is 2.11. The molecule has 0 N–H and O–H groups in total. The number of aryl methyl sites for hydroxylation is 1.